The van der Waals surface area contributed by atoms with Crippen LogP contribution in [0.5, 0.6) is 5.75 Å². The van der Waals surface area contributed by atoms with Gasteiger partial charge in [-0.2, -0.15) is 0 Å². The molecular formula is C13H18O3. The Kier molecular flexibility index (Phi) is 3.93. The van der Waals surface area contributed by atoms with E-state index in [2.05, 4.69) is 0 Å². The summed E-state index contributed by atoms with van der Waals surface area (Å²) < 4.78 is 5.52. The van der Waals surface area contributed by atoms with E-state index in [1.54, 1.807) is 13.0 Å². The predicted molar refractivity (Wildman–Crippen MR) is 63.4 cm³/mol. The number of carboxylic acid groups (broad SMARTS) is 1. The lowest BCUT2D eigenvalue weighted by Gasteiger charge is -2.15. The van der Waals surface area contributed by atoms with Crippen LogP contribution in [0.25, 0.3) is 0 Å². The molecule has 0 fully saturated rings. The minimum absolute atomic E-state index is 0.250. The lowest BCUT2D eigenvalue weighted by Crippen LogP contribution is -2.05. The van der Waals surface area contributed by atoms with Crippen molar-refractivity contribution in [2.75, 3.05) is 6.61 Å². The normalized spacial score (nSPS) is 10.6. The third kappa shape index (κ3) is 2.54. The summed E-state index contributed by atoms with van der Waals surface area (Å²) in [7, 11) is 0. The highest BCUT2D eigenvalue weighted by Gasteiger charge is 2.15. The molecule has 0 heterocycles. The summed E-state index contributed by atoms with van der Waals surface area (Å²) in [5.74, 6) is 0.155. The number of carboxylic acids is 1. The van der Waals surface area contributed by atoms with Crippen LogP contribution >= 0.6 is 0 Å². The van der Waals surface area contributed by atoms with Crippen LogP contribution in [-0.4, -0.2) is 17.7 Å². The van der Waals surface area contributed by atoms with Crippen molar-refractivity contribution >= 4 is 5.97 Å². The molecule has 1 aromatic carbocycles. The highest BCUT2D eigenvalue weighted by molar-refractivity contribution is 5.90. The molecule has 16 heavy (non-hydrogen) atoms. The van der Waals surface area contributed by atoms with Gasteiger partial charge in [-0.1, -0.05) is 13.8 Å². The van der Waals surface area contributed by atoms with Gasteiger partial charge in [0.2, 0.25) is 0 Å². The van der Waals surface area contributed by atoms with E-state index in [4.69, 9.17) is 9.84 Å². The Hall–Kier alpha value is -1.51. The van der Waals surface area contributed by atoms with E-state index in [1.807, 2.05) is 26.8 Å². The van der Waals surface area contributed by atoms with E-state index in [0.29, 0.717) is 12.2 Å². The fraction of sp³-hybridized carbons (Fsp3) is 0.462. The van der Waals surface area contributed by atoms with Crippen LogP contribution < -0.4 is 4.74 Å². The van der Waals surface area contributed by atoms with Crippen molar-refractivity contribution in [2.45, 2.75) is 33.6 Å². The van der Waals surface area contributed by atoms with Gasteiger partial charge in [-0.25, -0.2) is 4.79 Å². The van der Waals surface area contributed by atoms with Crippen LogP contribution in [0.2, 0.25) is 0 Å². The summed E-state index contributed by atoms with van der Waals surface area (Å²) in [5, 5.41) is 9.05. The van der Waals surface area contributed by atoms with Gasteiger partial charge in [0, 0.05) is 0 Å². The number of aryl methyl sites for hydroxylation is 1. The Bertz CT molecular complexity index is 394. The lowest BCUT2D eigenvalue weighted by atomic mass is 9.96. The van der Waals surface area contributed by atoms with Crippen LogP contribution in [-0.2, 0) is 0 Å². The monoisotopic (exact) mass is 222 g/mol. The Morgan fingerprint density at radius 3 is 2.50 bits per heavy atom. The lowest BCUT2D eigenvalue weighted by molar-refractivity contribution is 0.0696. The molecular weight excluding hydrogens is 204 g/mol. The third-order valence-electron chi connectivity index (χ3n) is 2.51. The van der Waals surface area contributed by atoms with Gasteiger partial charge in [0.1, 0.15) is 5.75 Å². The molecule has 3 nitrogen and oxygen atoms in total. The smallest absolute Gasteiger partial charge is 0.335 e. The molecule has 0 saturated carbocycles. The van der Waals surface area contributed by atoms with Crippen molar-refractivity contribution in [3.05, 3.63) is 28.8 Å². The highest BCUT2D eigenvalue weighted by atomic mass is 16.5. The first-order valence-corrected chi connectivity index (χ1v) is 5.48. The van der Waals surface area contributed by atoms with Gasteiger partial charge in [-0.15, -0.1) is 0 Å². The summed E-state index contributed by atoms with van der Waals surface area (Å²) in [5.41, 5.74) is 2.04. The zero-order valence-electron chi connectivity index (χ0n) is 10.2. The molecule has 0 saturated heterocycles. The summed E-state index contributed by atoms with van der Waals surface area (Å²) >= 11 is 0. The molecule has 88 valence electrons. The largest absolute Gasteiger partial charge is 0.494 e. The van der Waals surface area contributed by atoms with E-state index in [0.717, 1.165) is 16.9 Å². The van der Waals surface area contributed by atoms with Crippen LogP contribution in [0.4, 0.5) is 0 Å². The van der Waals surface area contributed by atoms with Gasteiger partial charge >= 0.3 is 5.97 Å². The fourth-order valence-electron chi connectivity index (χ4n) is 1.66. The Morgan fingerprint density at radius 2 is 2.06 bits per heavy atom. The van der Waals surface area contributed by atoms with Crippen LogP contribution in [0.3, 0.4) is 0 Å². The van der Waals surface area contributed by atoms with Crippen molar-refractivity contribution in [1.29, 1.82) is 0 Å². The van der Waals surface area contributed by atoms with E-state index < -0.39 is 5.97 Å². The maximum Gasteiger partial charge on any atom is 0.335 e. The average Bonchev–Trinajstić information content (AvgIpc) is 2.17. The van der Waals surface area contributed by atoms with Gasteiger partial charge in [0.15, 0.2) is 0 Å². The van der Waals surface area contributed by atoms with Crippen molar-refractivity contribution in [3.8, 4) is 5.75 Å². The molecule has 1 aromatic rings. The number of benzene rings is 1. The average molecular weight is 222 g/mol. The standard InChI is InChI=1S/C13H18O3/c1-5-16-12-6-9(4)11(13(14)15)7-10(12)8(2)3/h6-8H,5H2,1-4H3,(H,14,15). The zero-order chi connectivity index (χ0) is 12.3. The first-order chi connectivity index (χ1) is 7.47. The molecule has 0 spiro atoms. The Morgan fingerprint density at radius 1 is 1.44 bits per heavy atom. The third-order valence-corrected chi connectivity index (χ3v) is 2.51. The Balaban J connectivity index is 3.31. The van der Waals surface area contributed by atoms with Gasteiger partial charge in [0.05, 0.1) is 12.2 Å². The number of aromatic carboxylic acids is 1. The molecule has 0 amide bonds. The minimum atomic E-state index is -0.887. The fourth-order valence-corrected chi connectivity index (χ4v) is 1.66. The molecule has 0 aromatic heterocycles. The molecule has 0 unspecified atom stereocenters. The summed E-state index contributed by atoms with van der Waals surface area (Å²) in [6.07, 6.45) is 0. The first-order valence-electron chi connectivity index (χ1n) is 5.48. The van der Waals surface area contributed by atoms with Crippen molar-refractivity contribution in [3.63, 3.8) is 0 Å². The second-order valence-electron chi connectivity index (χ2n) is 4.10. The summed E-state index contributed by atoms with van der Waals surface area (Å²) in [6.45, 7) is 8.35. The maximum absolute atomic E-state index is 11.0. The molecule has 1 N–H and O–H groups in total. The number of rotatable bonds is 4. The topological polar surface area (TPSA) is 46.5 Å². The van der Waals surface area contributed by atoms with E-state index in [1.165, 1.54) is 0 Å². The maximum atomic E-state index is 11.0. The number of hydrogen-bond donors (Lipinski definition) is 1. The van der Waals surface area contributed by atoms with E-state index >= 15 is 0 Å². The highest BCUT2D eigenvalue weighted by Crippen LogP contribution is 2.29. The molecule has 3 heteroatoms. The second kappa shape index (κ2) is 5.01. The van der Waals surface area contributed by atoms with Gasteiger partial charge in [0.25, 0.3) is 0 Å². The summed E-state index contributed by atoms with van der Waals surface area (Å²) in [6, 6.07) is 3.52. The van der Waals surface area contributed by atoms with Crippen LogP contribution in [0.1, 0.15) is 48.2 Å². The molecule has 0 radical (unpaired) electrons. The minimum Gasteiger partial charge on any atom is -0.494 e. The van der Waals surface area contributed by atoms with Gasteiger partial charge in [-0.05, 0) is 43.0 Å². The quantitative estimate of drug-likeness (QED) is 0.850. The van der Waals surface area contributed by atoms with E-state index in [9.17, 15) is 4.79 Å². The molecule has 0 atom stereocenters. The number of ether oxygens (including phenoxy) is 1. The Labute approximate surface area is 96.1 Å². The van der Waals surface area contributed by atoms with E-state index in [-0.39, 0.29) is 5.92 Å². The second-order valence-corrected chi connectivity index (χ2v) is 4.10. The molecule has 0 aliphatic rings. The molecule has 0 bridgehead atoms. The molecule has 0 aliphatic carbocycles. The summed E-state index contributed by atoms with van der Waals surface area (Å²) in [4.78, 5) is 11.0. The first kappa shape index (κ1) is 12.6. The van der Waals surface area contributed by atoms with Crippen LogP contribution in [0.15, 0.2) is 12.1 Å². The van der Waals surface area contributed by atoms with Crippen molar-refractivity contribution in [1.82, 2.24) is 0 Å². The molecule has 0 aliphatic heterocycles. The zero-order valence-corrected chi connectivity index (χ0v) is 10.2. The van der Waals surface area contributed by atoms with Crippen molar-refractivity contribution < 1.29 is 14.6 Å². The van der Waals surface area contributed by atoms with Gasteiger partial charge < -0.3 is 9.84 Å². The predicted octanol–water partition coefficient (Wildman–Crippen LogP) is 3.22. The van der Waals surface area contributed by atoms with Crippen LogP contribution in [0, 0.1) is 6.92 Å². The molecule has 1 rings (SSSR count). The SMILES string of the molecule is CCOc1cc(C)c(C(=O)O)cc1C(C)C. The van der Waals surface area contributed by atoms with Gasteiger partial charge in [-0.3, -0.25) is 0 Å². The number of carbonyl (C=O) groups is 1. The number of hydrogen-bond acceptors (Lipinski definition) is 2. The van der Waals surface area contributed by atoms with Crippen molar-refractivity contribution in [2.24, 2.45) is 0 Å².